The van der Waals surface area contributed by atoms with Gasteiger partial charge in [-0.25, -0.2) is 4.98 Å². The number of aromatic nitrogens is 1. The fraction of sp³-hybridized carbons (Fsp3) is 0.533. The van der Waals surface area contributed by atoms with Crippen LogP contribution in [0.25, 0.3) is 0 Å². The summed E-state index contributed by atoms with van der Waals surface area (Å²) in [5.41, 5.74) is 1.02. The van der Waals surface area contributed by atoms with Crippen molar-refractivity contribution in [1.29, 1.82) is 0 Å². The van der Waals surface area contributed by atoms with E-state index >= 15 is 0 Å². The van der Waals surface area contributed by atoms with Gasteiger partial charge in [-0.15, -0.1) is 6.58 Å². The molecule has 0 radical (unpaired) electrons. The molecule has 106 valence electrons. The maximum atomic E-state index is 9.08. The highest BCUT2D eigenvalue weighted by Gasteiger charge is 2.06. The van der Waals surface area contributed by atoms with Crippen LogP contribution in [0.2, 0.25) is 0 Å². The average molecular weight is 263 g/mol. The number of aliphatic hydroxyl groups excluding tert-OH is 1. The molecule has 1 heterocycles. The van der Waals surface area contributed by atoms with Crippen molar-refractivity contribution in [2.75, 3.05) is 31.1 Å². The van der Waals surface area contributed by atoms with Gasteiger partial charge in [-0.1, -0.05) is 26.0 Å². The number of aliphatic hydroxyl groups is 1. The van der Waals surface area contributed by atoms with Gasteiger partial charge in [0.2, 0.25) is 0 Å². The minimum atomic E-state index is 0.116. The van der Waals surface area contributed by atoms with Crippen LogP contribution in [-0.4, -0.2) is 36.3 Å². The zero-order valence-electron chi connectivity index (χ0n) is 12.0. The lowest BCUT2D eigenvalue weighted by Crippen LogP contribution is -2.28. The molecule has 2 N–H and O–H groups in total. The average Bonchev–Trinajstić information content (AvgIpc) is 2.38. The van der Waals surface area contributed by atoms with Gasteiger partial charge in [-0.3, -0.25) is 0 Å². The fourth-order valence-corrected chi connectivity index (χ4v) is 1.81. The lowest BCUT2D eigenvalue weighted by molar-refractivity contribution is 0.302. The first-order valence-corrected chi connectivity index (χ1v) is 6.80. The summed E-state index contributed by atoms with van der Waals surface area (Å²) in [5.74, 6) is 1.52. The first kappa shape index (κ1) is 15.7. The van der Waals surface area contributed by atoms with Crippen molar-refractivity contribution in [3.63, 3.8) is 0 Å². The predicted octanol–water partition coefficient (Wildman–Crippen LogP) is 1.81. The Bertz CT molecular complexity index is 379. The molecule has 4 heteroatoms. The van der Waals surface area contributed by atoms with E-state index in [9.17, 15) is 0 Å². The zero-order valence-corrected chi connectivity index (χ0v) is 12.0. The van der Waals surface area contributed by atoms with Crippen molar-refractivity contribution >= 4 is 5.82 Å². The second kappa shape index (κ2) is 8.67. The minimum absolute atomic E-state index is 0.116. The van der Waals surface area contributed by atoms with Crippen LogP contribution in [0.3, 0.4) is 0 Å². The molecule has 1 aromatic heterocycles. The number of pyridine rings is 1. The van der Waals surface area contributed by atoms with Gasteiger partial charge in [0.05, 0.1) is 12.3 Å². The molecule has 19 heavy (non-hydrogen) atoms. The van der Waals surface area contributed by atoms with E-state index in [2.05, 4.69) is 30.7 Å². The monoisotopic (exact) mass is 263 g/mol. The van der Waals surface area contributed by atoms with Gasteiger partial charge in [0, 0.05) is 19.6 Å². The molecule has 0 unspecified atom stereocenters. The smallest absolute Gasteiger partial charge is 0.129 e. The third-order valence-corrected chi connectivity index (χ3v) is 2.69. The third-order valence-electron chi connectivity index (χ3n) is 2.69. The summed E-state index contributed by atoms with van der Waals surface area (Å²) >= 11 is 0. The second-order valence-corrected chi connectivity index (χ2v) is 4.97. The molecule has 0 bridgehead atoms. The molecule has 0 atom stereocenters. The highest BCUT2D eigenvalue weighted by Crippen LogP contribution is 2.11. The summed E-state index contributed by atoms with van der Waals surface area (Å²) < 4.78 is 0. The van der Waals surface area contributed by atoms with Crippen molar-refractivity contribution < 1.29 is 5.11 Å². The van der Waals surface area contributed by atoms with E-state index in [1.165, 1.54) is 0 Å². The van der Waals surface area contributed by atoms with Gasteiger partial charge < -0.3 is 15.3 Å². The Morgan fingerprint density at radius 3 is 2.89 bits per heavy atom. The van der Waals surface area contributed by atoms with Gasteiger partial charge in [-0.05, 0) is 24.6 Å². The van der Waals surface area contributed by atoms with Crippen molar-refractivity contribution in [1.82, 2.24) is 10.3 Å². The summed E-state index contributed by atoms with van der Waals surface area (Å²) in [5, 5.41) is 12.5. The van der Waals surface area contributed by atoms with Crippen LogP contribution < -0.4 is 10.2 Å². The van der Waals surface area contributed by atoms with Crippen molar-refractivity contribution in [3.05, 3.63) is 36.5 Å². The Hall–Kier alpha value is -1.39. The molecule has 4 nitrogen and oxygen atoms in total. The lowest BCUT2D eigenvalue weighted by Gasteiger charge is -2.21. The molecule has 0 fully saturated rings. The van der Waals surface area contributed by atoms with Gasteiger partial charge >= 0.3 is 0 Å². The van der Waals surface area contributed by atoms with Crippen LogP contribution in [0.4, 0.5) is 5.82 Å². The molecule has 0 saturated heterocycles. The first-order valence-electron chi connectivity index (χ1n) is 6.80. The molecule has 0 spiro atoms. The van der Waals surface area contributed by atoms with E-state index < -0.39 is 0 Å². The highest BCUT2D eigenvalue weighted by atomic mass is 16.3. The summed E-state index contributed by atoms with van der Waals surface area (Å²) in [6.07, 6.45) is 1.82. The zero-order chi connectivity index (χ0) is 14.1. The lowest BCUT2D eigenvalue weighted by atomic mass is 10.2. The van der Waals surface area contributed by atoms with E-state index in [1.807, 2.05) is 29.2 Å². The molecule has 0 aliphatic rings. The molecule has 1 aromatic rings. The number of anilines is 1. The molecular formula is C15H25N3O. The Morgan fingerprint density at radius 2 is 2.26 bits per heavy atom. The Balaban J connectivity index is 2.65. The van der Waals surface area contributed by atoms with Crippen molar-refractivity contribution in [3.8, 4) is 0 Å². The number of nitrogens with zero attached hydrogens (tertiary/aromatic N) is 2. The largest absolute Gasteiger partial charge is 0.395 e. The summed E-state index contributed by atoms with van der Waals surface area (Å²) in [6, 6.07) is 5.98. The van der Waals surface area contributed by atoms with Gasteiger partial charge in [-0.2, -0.15) is 0 Å². The van der Waals surface area contributed by atoms with E-state index in [-0.39, 0.29) is 6.61 Å². The van der Waals surface area contributed by atoms with Crippen molar-refractivity contribution in [2.45, 2.75) is 20.4 Å². The molecular weight excluding hydrogens is 238 g/mol. The van der Waals surface area contributed by atoms with Crippen LogP contribution in [-0.2, 0) is 6.54 Å². The Kier molecular flexibility index (Phi) is 7.15. The molecule has 0 saturated carbocycles. The van der Waals surface area contributed by atoms with E-state index in [0.717, 1.165) is 24.6 Å². The number of nitrogens with one attached hydrogen (secondary N) is 1. The molecule has 0 amide bonds. The van der Waals surface area contributed by atoms with Crippen molar-refractivity contribution in [2.24, 2.45) is 5.92 Å². The highest BCUT2D eigenvalue weighted by molar-refractivity contribution is 5.40. The fourth-order valence-electron chi connectivity index (χ4n) is 1.81. The maximum Gasteiger partial charge on any atom is 0.129 e. The molecule has 0 aromatic carbocycles. The molecule has 0 aliphatic carbocycles. The Labute approximate surface area is 116 Å². The van der Waals surface area contributed by atoms with E-state index in [1.54, 1.807) is 0 Å². The van der Waals surface area contributed by atoms with Crippen LogP contribution in [0, 0.1) is 5.92 Å². The van der Waals surface area contributed by atoms with Crippen LogP contribution >= 0.6 is 0 Å². The molecule has 0 aliphatic heterocycles. The normalized spacial score (nSPS) is 10.7. The maximum absolute atomic E-state index is 9.08. The van der Waals surface area contributed by atoms with Gasteiger partial charge in [0.15, 0.2) is 0 Å². The third kappa shape index (κ3) is 5.85. The summed E-state index contributed by atoms with van der Waals surface area (Å²) in [6.45, 7) is 11.2. The van der Waals surface area contributed by atoms with Crippen LogP contribution in [0.1, 0.15) is 19.5 Å². The first-order chi connectivity index (χ1) is 9.17. The molecule has 1 rings (SSSR count). The van der Waals surface area contributed by atoms with E-state index in [0.29, 0.717) is 19.0 Å². The number of rotatable bonds is 9. The SMILES string of the molecule is C=CCN(CCO)c1cccc(CNCC(C)C)n1. The van der Waals surface area contributed by atoms with Gasteiger partial charge in [0.1, 0.15) is 5.82 Å². The van der Waals surface area contributed by atoms with Gasteiger partial charge in [0.25, 0.3) is 0 Å². The number of hydrogen-bond donors (Lipinski definition) is 2. The van der Waals surface area contributed by atoms with E-state index in [4.69, 9.17) is 5.11 Å². The van der Waals surface area contributed by atoms with Crippen LogP contribution in [0.15, 0.2) is 30.9 Å². The quantitative estimate of drug-likeness (QED) is 0.667. The number of hydrogen-bond acceptors (Lipinski definition) is 4. The van der Waals surface area contributed by atoms with Crippen LogP contribution in [0.5, 0.6) is 0 Å². The summed E-state index contributed by atoms with van der Waals surface area (Å²) in [7, 11) is 0. The topological polar surface area (TPSA) is 48.4 Å². The minimum Gasteiger partial charge on any atom is -0.395 e. The predicted molar refractivity (Wildman–Crippen MR) is 80.3 cm³/mol. The Morgan fingerprint density at radius 1 is 1.47 bits per heavy atom. The summed E-state index contributed by atoms with van der Waals surface area (Å²) in [4.78, 5) is 6.62. The second-order valence-electron chi connectivity index (χ2n) is 4.97. The standard InChI is InChI=1S/C15H25N3O/c1-4-8-18(9-10-19)15-7-5-6-14(17-15)12-16-11-13(2)3/h4-7,13,16,19H,1,8-12H2,2-3H3.